The van der Waals surface area contributed by atoms with Gasteiger partial charge < -0.3 is 14.0 Å². The average Bonchev–Trinajstić information content (AvgIpc) is 4.15. The van der Waals surface area contributed by atoms with E-state index in [-0.39, 0.29) is 6.04 Å². The predicted octanol–water partition coefficient (Wildman–Crippen LogP) is 17.2. The number of aromatic nitrogens is 2. The fourth-order valence-corrected chi connectivity index (χ4v) is 11.3. The molecule has 3 unspecified atom stereocenters. The molecule has 0 saturated heterocycles. The number of rotatable bonds is 5. The van der Waals surface area contributed by atoms with Crippen molar-refractivity contribution in [3.63, 3.8) is 0 Å². The normalized spacial score (nSPS) is 15.0. The molecule has 3 nitrogen and oxygen atoms in total. The predicted molar refractivity (Wildman–Crippen MR) is 299 cm³/mol. The highest BCUT2D eigenvalue weighted by Crippen LogP contribution is 2.49. The summed E-state index contributed by atoms with van der Waals surface area (Å²) in [5.74, 6) is 0.359. The van der Waals surface area contributed by atoms with E-state index >= 15 is 0 Å². The first-order valence-electron chi connectivity index (χ1n) is 24.0. The number of hydrogen-bond acceptors (Lipinski definition) is 1. The summed E-state index contributed by atoms with van der Waals surface area (Å²) in [7, 11) is 2.42. The minimum absolute atomic E-state index is 0.271. The molecule has 0 fully saturated rings. The largest absolute Gasteiger partial charge is 0.333 e. The van der Waals surface area contributed by atoms with Crippen molar-refractivity contribution in [3.05, 3.63) is 254 Å². The molecule has 0 saturated carbocycles. The summed E-state index contributed by atoms with van der Waals surface area (Å²) in [5.41, 5.74) is 21.5. The van der Waals surface area contributed by atoms with Crippen LogP contribution in [0.2, 0.25) is 0 Å². The van der Waals surface area contributed by atoms with E-state index < -0.39 is 0 Å². The number of nitrogens with zero attached hydrogens (tertiary/aromatic N) is 3. The van der Waals surface area contributed by atoms with Crippen molar-refractivity contribution in [3.8, 4) is 44.8 Å². The Bertz CT molecular complexity index is 3850. The van der Waals surface area contributed by atoms with Gasteiger partial charge in [-0.15, -0.1) is 15.8 Å². The Hall–Kier alpha value is -7.97. The van der Waals surface area contributed by atoms with E-state index in [1.54, 1.807) is 6.08 Å². The molecule has 3 aliphatic rings. The van der Waals surface area contributed by atoms with Crippen LogP contribution in [0.4, 0.5) is 11.4 Å². The maximum atomic E-state index is 3.36. The summed E-state index contributed by atoms with van der Waals surface area (Å²) >= 11 is 0. The van der Waals surface area contributed by atoms with Crippen LogP contribution in [0.25, 0.3) is 88.4 Å². The third-order valence-corrected chi connectivity index (χ3v) is 14.2. The first kappa shape index (κ1) is 42.4. The molecule has 2 aliphatic carbocycles. The molecule has 0 radical (unpaired) electrons. The van der Waals surface area contributed by atoms with Crippen molar-refractivity contribution < 1.29 is 0 Å². The summed E-state index contributed by atoms with van der Waals surface area (Å²) < 4.78 is 4.85. The Morgan fingerprint density at radius 2 is 0.971 bits per heavy atom. The van der Waals surface area contributed by atoms with E-state index in [1.807, 2.05) is 13.6 Å². The van der Waals surface area contributed by atoms with Crippen molar-refractivity contribution in [1.82, 2.24) is 9.13 Å². The van der Waals surface area contributed by atoms with Crippen LogP contribution in [0.15, 0.2) is 237 Å². The zero-order chi connectivity index (χ0) is 46.6. The van der Waals surface area contributed by atoms with Crippen LogP contribution in [0.3, 0.4) is 0 Å². The molecule has 4 heteroatoms. The third kappa shape index (κ3) is 6.99. The number of allylic oxidation sites excluding steroid dienone is 3. The molecule has 14 rings (SSSR count). The molecule has 3 atom stereocenters. The van der Waals surface area contributed by atoms with E-state index in [2.05, 4.69) is 254 Å². The van der Waals surface area contributed by atoms with Crippen LogP contribution in [-0.4, -0.2) is 21.8 Å². The Balaban J connectivity index is 0.000000950. The standard InChI is InChI=1S/C61H41N3.C3H6.CH5P/c1-2-14-45(15-3-1)62-58-23-10-6-19-50(58)54-37-42(29-31-60(54)62)40-25-26-43-33-44-27-30-47(38-53(44)52(43)35-40)64-59-24-11-7-20-51(59)55-36-41(28-32-61(55)64)39-13-12-16-46(34-39)63-56-21-8-4-17-48(56)49-18-5-9-22-57(49)63;1-3-2;1-2/h1-32,34-38,48,56H,33H2;3H,1H2,2H3;2H2,1H3. The third-order valence-electron chi connectivity index (χ3n) is 14.2. The van der Waals surface area contributed by atoms with Crippen LogP contribution in [0, 0.1) is 0 Å². The lowest BCUT2D eigenvalue weighted by atomic mass is 9.91. The van der Waals surface area contributed by atoms with Gasteiger partial charge >= 0.3 is 0 Å². The van der Waals surface area contributed by atoms with E-state index in [9.17, 15) is 0 Å². The van der Waals surface area contributed by atoms with Crippen molar-refractivity contribution in [2.75, 3.05) is 11.6 Å². The van der Waals surface area contributed by atoms with Crippen LogP contribution < -0.4 is 4.90 Å². The molecule has 69 heavy (non-hydrogen) atoms. The molecule has 2 aromatic heterocycles. The van der Waals surface area contributed by atoms with Gasteiger partial charge in [0.2, 0.25) is 0 Å². The van der Waals surface area contributed by atoms with Gasteiger partial charge in [-0.3, -0.25) is 0 Å². The summed E-state index contributed by atoms with van der Waals surface area (Å²) in [6.07, 6.45) is 11.8. The zero-order valence-corrected chi connectivity index (χ0v) is 40.1. The topological polar surface area (TPSA) is 13.1 Å². The van der Waals surface area contributed by atoms with Crippen LogP contribution in [-0.2, 0) is 6.42 Å². The SMILES string of the molecule is C1=CC2c3ccccc3N(c3cccc(-c4ccc5c(c4)c4ccccc4n5-c4ccc5c(c4)-c4cc(-c6ccc7c(c6)c6ccccc6n7-c6ccccc6)ccc4C5)c3)C2C=C1.C=CC.CP. The smallest absolute Gasteiger partial charge is 0.0629 e. The fourth-order valence-electron chi connectivity index (χ4n) is 11.3. The van der Waals surface area contributed by atoms with Gasteiger partial charge in [-0.1, -0.05) is 152 Å². The maximum Gasteiger partial charge on any atom is 0.0629 e. The van der Waals surface area contributed by atoms with Gasteiger partial charge in [-0.05, 0) is 148 Å². The van der Waals surface area contributed by atoms with Gasteiger partial charge in [0.1, 0.15) is 0 Å². The minimum atomic E-state index is 0.271. The number of hydrogen-bond donors (Lipinski definition) is 0. The Labute approximate surface area is 406 Å². The van der Waals surface area contributed by atoms with Crippen LogP contribution in [0.1, 0.15) is 29.5 Å². The van der Waals surface area contributed by atoms with E-state index in [1.165, 1.54) is 116 Å². The van der Waals surface area contributed by atoms with Gasteiger partial charge in [0.15, 0.2) is 0 Å². The van der Waals surface area contributed by atoms with Gasteiger partial charge in [-0.2, -0.15) is 0 Å². The van der Waals surface area contributed by atoms with E-state index in [4.69, 9.17) is 0 Å². The molecule has 0 spiro atoms. The highest BCUT2D eigenvalue weighted by molar-refractivity contribution is 7.15. The summed E-state index contributed by atoms with van der Waals surface area (Å²) in [6, 6.07) is 74.9. The first-order valence-corrected chi connectivity index (χ1v) is 25.2. The summed E-state index contributed by atoms with van der Waals surface area (Å²) in [6.45, 7) is 7.17. The molecular formula is C65H52N3P. The Morgan fingerprint density at radius 1 is 0.449 bits per heavy atom. The molecule has 0 amide bonds. The lowest BCUT2D eigenvalue weighted by Gasteiger charge is -2.29. The van der Waals surface area contributed by atoms with Crippen molar-refractivity contribution in [1.29, 1.82) is 0 Å². The summed E-state index contributed by atoms with van der Waals surface area (Å²) in [4.78, 5) is 2.52. The van der Waals surface area contributed by atoms with Crippen molar-refractivity contribution in [2.24, 2.45) is 0 Å². The van der Waals surface area contributed by atoms with Gasteiger partial charge in [-0.25, -0.2) is 0 Å². The lowest BCUT2D eigenvalue weighted by Crippen LogP contribution is -2.28. The molecular weight excluding hydrogens is 854 g/mol. The highest BCUT2D eigenvalue weighted by atomic mass is 31.0. The second kappa shape index (κ2) is 17.6. The highest BCUT2D eigenvalue weighted by Gasteiger charge is 2.37. The van der Waals surface area contributed by atoms with Crippen molar-refractivity contribution >= 4 is 64.2 Å². The Morgan fingerprint density at radius 3 is 1.68 bits per heavy atom. The van der Waals surface area contributed by atoms with Gasteiger partial charge in [0.25, 0.3) is 0 Å². The second-order valence-corrected chi connectivity index (χ2v) is 18.1. The molecule has 332 valence electrons. The van der Waals surface area contributed by atoms with E-state index in [0.717, 1.165) is 6.42 Å². The van der Waals surface area contributed by atoms with Crippen LogP contribution in [0.5, 0.6) is 0 Å². The number of benzene rings is 9. The molecule has 0 N–H and O–H groups in total. The molecule has 3 heterocycles. The molecule has 0 bridgehead atoms. The monoisotopic (exact) mass is 905 g/mol. The van der Waals surface area contributed by atoms with Crippen molar-refractivity contribution in [2.45, 2.75) is 25.3 Å². The quantitative estimate of drug-likeness (QED) is 0.124. The minimum Gasteiger partial charge on any atom is -0.333 e. The summed E-state index contributed by atoms with van der Waals surface area (Å²) in [5, 5.41) is 5.07. The number of anilines is 2. The fraction of sp³-hybridized carbons (Fsp3) is 0.0769. The van der Waals surface area contributed by atoms with Gasteiger partial charge in [0, 0.05) is 50.2 Å². The average molecular weight is 906 g/mol. The van der Waals surface area contributed by atoms with E-state index in [0.29, 0.717) is 5.92 Å². The Kier molecular flexibility index (Phi) is 10.8. The molecule has 1 aliphatic heterocycles. The lowest BCUT2D eigenvalue weighted by molar-refractivity contribution is 0.745. The first-order chi connectivity index (χ1) is 34.1. The van der Waals surface area contributed by atoms with Crippen LogP contribution >= 0.6 is 9.24 Å². The maximum absolute atomic E-state index is 3.36. The molecule has 9 aromatic carbocycles. The molecule has 11 aromatic rings. The van der Waals surface area contributed by atoms with Gasteiger partial charge in [0.05, 0.1) is 28.1 Å². The zero-order valence-electron chi connectivity index (χ0n) is 38.9. The number of fused-ring (bicyclic) bond motifs is 12. The number of para-hydroxylation sites is 4. The second-order valence-electron chi connectivity index (χ2n) is 18.1.